The van der Waals surface area contributed by atoms with Crippen LogP contribution < -0.4 is 10.1 Å². The summed E-state index contributed by atoms with van der Waals surface area (Å²) in [5, 5.41) is 11.2. The number of alkyl halides is 3. The number of carboxylic acids is 1. The van der Waals surface area contributed by atoms with Crippen LogP contribution in [0.5, 0.6) is 11.6 Å². The molecule has 9 heteroatoms. The fourth-order valence-electron chi connectivity index (χ4n) is 1.77. The molecule has 0 spiro atoms. The van der Waals surface area contributed by atoms with Gasteiger partial charge >= 0.3 is 12.1 Å². The Balaban J connectivity index is 2.18. The van der Waals surface area contributed by atoms with E-state index in [2.05, 4.69) is 10.3 Å². The van der Waals surface area contributed by atoms with E-state index in [1.54, 1.807) is 24.3 Å². The number of halogens is 4. The van der Waals surface area contributed by atoms with Crippen molar-refractivity contribution in [2.24, 2.45) is 0 Å². The molecule has 0 saturated heterocycles. The monoisotopic (exact) mass is 360 g/mol. The molecule has 24 heavy (non-hydrogen) atoms. The average molecular weight is 361 g/mol. The van der Waals surface area contributed by atoms with Crippen molar-refractivity contribution >= 4 is 23.3 Å². The molecule has 0 aliphatic rings. The third-order valence-corrected chi connectivity index (χ3v) is 3.15. The summed E-state index contributed by atoms with van der Waals surface area (Å²) in [6, 6.07) is 7.26. The van der Waals surface area contributed by atoms with Crippen molar-refractivity contribution in [2.45, 2.75) is 12.6 Å². The zero-order valence-corrected chi connectivity index (χ0v) is 12.9. The van der Waals surface area contributed by atoms with Gasteiger partial charge in [-0.1, -0.05) is 23.7 Å². The van der Waals surface area contributed by atoms with Gasteiger partial charge in [0, 0.05) is 12.7 Å². The second kappa shape index (κ2) is 7.39. The van der Waals surface area contributed by atoms with Gasteiger partial charge < -0.3 is 15.2 Å². The number of pyridine rings is 1. The molecule has 0 amide bonds. The molecular formula is C15H12ClF3N2O3. The third kappa shape index (κ3) is 4.76. The molecule has 0 fully saturated rings. The van der Waals surface area contributed by atoms with Crippen LogP contribution >= 0.6 is 11.6 Å². The van der Waals surface area contributed by atoms with E-state index in [9.17, 15) is 18.0 Å². The van der Waals surface area contributed by atoms with Crippen LogP contribution in [-0.4, -0.2) is 22.6 Å². The first-order valence-electron chi connectivity index (χ1n) is 6.72. The first kappa shape index (κ1) is 17.9. The van der Waals surface area contributed by atoms with Crippen LogP contribution in [-0.2, 0) is 11.0 Å². The van der Waals surface area contributed by atoms with Crippen molar-refractivity contribution in [3.63, 3.8) is 0 Å². The third-order valence-electron chi connectivity index (χ3n) is 2.88. The van der Waals surface area contributed by atoms with E-state index in [0.717, 1.165) is 6.07 Å². The smallest absolute Gasteiger partial charge is 0.417 e. The van der Waals surface area contributed by atoms with Crippen LogP contribution in [0.3, 0.4) is 0 Å². The highest BCUT2D eigenvalue weighted by Gasteiger charge is 2.31. The van der Waals surface area contributed by atoms with Crippen molar-refractivity contribution in [1.82, 2.24) is 4.98 Å². The summed E-state index contributed by atoms with van der Waals surface area (Å²) in [5.74, 6) is -0.887. The minimum Gasteiger partial charge on any atom is -0.481 e. The van der Waals surface area contributed by atoms with Gasteiger partial charge in [-0.2, -0.15) is 13.2 Å². The first-order chi connectivity index (χ1) is 11.3. The predicted octanol–water partition coefficient (Wildman–Crippen LogP) is 4.43. The predicted molar refractivity (Wildman–Crippen MR) is 81.5 cm³/mol. The van der Waals surface area contributed by atoms with Crippen LogP contribution in [0.2, 0.25) is 5.02 Å². The quantitative estimate of drug-likeness (QED) is 0.797. The number of rotatable bonds is 6. The van der Waals surface area contributed by atoms with Crippen LogP contribution in [0, 0.1) is 0 Å². The molecule has 1 aromatic heterocycles. The number of nitrogens with one attached hydrogen (secondary N) is 1. The van der Waals surface area contributed by atoms with E-state index in [0.29, 0.717) is 11.9 Å². The molecule has 0 aliphatic carbocycles. The topological polar surface area (TPSA) is 71.5 Å². The number of hydrogen-bond acceptors (Lipinski definition) is 4. The van der Waals surface area contributed by atoms with E-state index in [1.807, 2.05) is 0 Å². The number of hydrogen-bond donors (Lipinski definition) is 2. The summed E-state index contributed by atoms with van der Waals surface area (Å²) in [7, 11) is 0. The lowest BCUT2D eigenvalue weighted by atomic mass is 10.2. The molecular weight excluding hydrogens is 349 g/mol. The van der Waals surface area contributed by atoms with Gasteiger partial charge in [0.2, 0.25) is 5.88 Å². The van der Waals surface area contributed by atoms with Gasteiger partial charge in [0.25, 0.3) is 0 Å². The number of ether oxygens (including phenoxy) is 1. The number of carboxylic acid groups (broad SMARTS) is 1. The normalized spacial score (nSPS) is 11.2. The molecule has 2 aromatic rings. The van der Waals surface area contributed by atoms with E-state index in [-0.39, 0.29) is 29.6 Å². The van der Waals surface area contributed by atoms with Crippen LogP contribution in [0.4, 0.5) is 18.9 Å². The Labute approximate surface area is 140 Å². The molecule has 0 radical (unpaired) electrons. The zero-order valence-electron chi connectivity index (χ0n) is 12.1. The highest BCUT2D eigenvalue weighted by Crippen LogP contribution is 2.36. The van der Waals surface area contributed by atoms with E-state index in [1.165, 1.54) is 0 Å². The summed E-state index contributed by atoms with van der Waals surface area (Å²) < 4.78 is 43.2. The van der Waals surface area contributed by atoms with E-state index >= 15 is 0 Å². The molecule has 1 heterocycles. The second-order valence-electron chi connectivity index (χ2n) is 4.68. The van der Waals surface area contributed by atoms with E-state index < -0.39 is 17.7 Å². The Bertz CT molecular complexity index is 738. The Hall–Kier alpha value is -2.48. The summed E-state index contributed by atoms with van der Waals surface area (Å²) in [6.45, 7) is 0.157. The Kier molecular flexibility index (Phi) is 5.50. The molecule has 0 saturated carbocycles. The van der Waals surface area contributed by atoms with Gasteiger partial charge in [-0.05, 0) is 18.2 Å². The zero-order chi connectivity index (χ0) is 17.7. The summed E-state index contributed by atoms with van der Waals surface area (Å²) in [4.78, 5) is 14.1. The minimum atomic E-state index is -4.55. The lowest BCUT2D eigenvalue weighted by Crippen LogP contribution is -2.08. The molecule has 128 valence electrons. The van der Waals surface area contributed by atoms with Gasteiger partial charge in [-0.3, -0.25) is 4.79 Å². The molecule has 2 N–H and O–H groups in total. The van der Waals surface area contributed by atoms with Crippen LogP contribution in [0.25, 0.3) is 0 Å². The highest BCUT2D eigenvalue weighted by molar-refractivity contribution is 6.31. The molecule has 0 unspecified atom stereocenters. The summed E-state index contributed by atoms with van der Waals surface area (Å²) in [5.41, 5.74) is -0.510. The van der Waals surface area contributed by atoms with Crippen molar-refractivity contribution in [3.05, 3.63) is 47.1 Å². The largest absolute Gasteiger partial charge is 0.481 e. The van der Waals surface area contributed by atoms with Crippen LogP contribution in [0.1, 0.15) is 12.0 Å². The first-order valence-corrected chi connectivity index (χ1v) is 7.10. The fraction of sp³-hybridized carbons (Fsp3) is 0.200. The van der Waals surface area contributed by atoms with Gasteiger partial charge in [0.05, 0.1) is 17.7 Å². The number of nitrogens with zero attached hydrogens (tertiary/aromatic N) is 1. The lowest BCUT2D eigenvalue weighted by molar-refractivity contribution is -0.138. The van der Waals surface area contributed by atoms with Gasteiger partial charge in [0.1, 0.15) is 5.02 Å². The van der Waals surface area contributed by atoms with Gasteiger partial charge in [-0.25, -0.2) is 4.98 Å². The molecule has 5 nitrogen and oxygen atoms in total. The van der Waals surface area contributed by atoms with Crippen molar-refractivity contribution in [3.8, 4) is 11.6 Å². The van der Waals surface area contributed by atoms with Crippen LogP contribution in [0.15, 0.2) is 36.5 Å². The molecule has 1 aromatic carbocycles. The number of carbonyl (C=O) groups is 1. The Morgan fingerprint density at radius 1 is 1.33 bits per heavy atom. The number of anilines is 1. The standard InChI is InChI=1S/C15H12ClF3N2O3/c16-10-7-9(15(17,18)19)8-21-14(10)24-12-4-2-1-3-11(12)20-6-5-13(22)23/h1-4,7-8,20H,5-6H2,(H,22,23). The molecule has 0 atom stereocenters. The van der Waals surface area contributed by atoms with E-state index in [4.69, 9.17) is 21.4 Å². The SMILES string of the molecule is O=C(O)CCNc1ccccc1Oc1ncc(C(F)(F)F)cc1Cl. The summed E-state index contributed by atoms with van der Waals surface area (Å²) >= 11 is 5.80. The Morgan fingerprint density at radius 3 is 2.67 bits per heavy atom. The Morgan fingerprint density at radius 2 is 2.04 bits per heavy atom. The number of aromatic nitrogens is 1. The molecule has 2 rings (SSSR count). The maximum Gasteiger partial charge on any atom is 0.417 e. The maximum absolute atomic E-state index is 12.6. The minimum absolute atomic E-state index is 0.104. The maximum atomic E-state index is 12.6. The molecule has 0 bridgehead atoms. The van der Waals surface area contributed by atoms with Crippen molar-refractivity contribution < 1.29 is 27.8 Å². The van der Waals surface area contributed by atoms with Crippen molar-refractivity contribution in [2.75, 3.05) is 11.9 Å². The second-order valence-corrected chi connectivity index (χ2v) is 5.08. The fourth-order valence-corrected chi connectivity index (χ4v) is 1.97. The van der Waals surface area contributed by atoms with Gasteiger partial charge in [0.15, 0.2) is 5.75 Å². The number of benzene rings is 1. The number of aliphatic carboxylic acids is 1. The molecule has 0 aliphatic heterocycles. The van der Waals surface area contributed by atoms with Gasteiger partial charge in [-0.15, -0.1) is 0 Å². The average Bonchev–Trinajstić information content (AvgIpc) is 2.49. The lowest BCUT2D eigenvalue weighted by Gasteiger charge is -2.13. The van der Waals surface area contributed by atoms with Crippen molar-refractivity contribution in [1.29, 1.82) is 0 Å². The summed E-state index contributed by atoms with van der Waals surface area (Å²) in [6.07, 6.45) is -4.03. The number of para-hydroxylation sites is 2. The highest BCUT2D eigenvalue weighted by atomic mass is 35.5.